The van der Waals surface area contributed by atoms with Crippen molar-refractivity contribution in [2.24, 2.45) is 5.92 Å². The average molecular weight is 277 g/mol. The third-order valence-corrected chi connectivity index (χ3v) is 3.17. The average Bonchev–Trinajstić information content (AvgIpc) is 2.49. The minimum absolute atomic E-state index is 0.119. The number of carbonyl (C=O) groups excluding carboxylic acids is 1. The molecule has 1 rings (SSSR count). The van der Waals surface area contributed by atoms with Crippen LogP contribution in [0.25, 0.3) is 0 Å². The molecule has 108 valence electrons. The second-order valence-electron chi connectivity index (χ2n) is 4.21. The van der Waals surface area contributed by atoms with Gasteiger partial charge in [-0.1, -0.05) is 6.92 Å². The van der Waals surface area contributed by atoms with Crippen LogP contribution in [-0.2, 0) is 0 Å². The van der Waals surface area contributed by atoms with Gasteiger partial charge in [-0.15, -0.1) is 0 Å². The second-order valence-corrected chi connectivity index (χ2v) is 4.21. The number of nitrogens with zero attached hydrogens (tertiary/aromatic N) is 1. The number of ether oxygens (including phenoxy) is 3. The fourth-order valence-corrected chi connectivity index (χ4v) is 2.05. The number of benzene rings is 1. The Balaban J connectivity index is 3.31. The number of carbonyl (C=O) groups is 1. The lowest BCUT2D eigenvalue weighted by Crippen LogP contribution is -2.15. The molecule has 0 saturated carbocycles. The Morgan fingerprint density at radius 2 is 1.85 bits per heavy atom. The highest BCUT2D eigenvalue weighted by Crippen LogP contribution is 2.40. The summed E-state index contributed by atoms with van der Waals surface area (Å²) >= 11 is 0. The van der Waals surface area contributed by atoms with E-state index in [4.69, 9.17) is 19.5 Å². The zero-order chi connectivity index (χ0) is 15.1. The lowest BCUT2D eigenvalue weighted by molar-refractivity contribution is 0.0915. The number of hydrogen-bond acceptors (Lipinski definition) is 5. The first kappa shape index (κ1) is 15.8. The molecule has 5 nitrogen and oxygen atoms in total. The summed E-state index contributed by atoms with van der Waals surface area (Å²) in [7, 11) is 4.48. The van der Waals surface area contributed by atoms with Gasteiger partial charge in [0.1, 0.15) is 0 Å². The maximum absolute atomic E-state index is 12.5. The molecule has 0 radical (unpaired) electrons. The Hall–Kier alpha value is -2.22. The van der Waals surface area contributed by atoms with Crippen molar-refractivity contribution < 1.29 is 19.0 Å². The van der Waals surface area contributed by atoms with Crippen LogP contribution in [-0.4, -0.2) is 27.1 Å². The van der Waals surface area contributed by atoms with E-state index in [1.807, 2.05) is 13.0 Å². The quantitative estimate of drug-likeness (QED) is 0.717. The van der Waals surface area contributed by atoms with Gasteiger partial charge in [0.15, 0.2) is 17.3 Å². The van der Waals surface area contributed by atoms with E-state index >= 15 is 0 Å². The third kappa shape index (κ3) is 3.02. The highest BCUT2D eigenvalue weighted by atomic mass is 16.5. The highest BCUT2D eigenvalue weighted by molar-refractivity contribution is 6.01. The van der Waals surface area contributed by atoms with Crippen molar-refractivity contribution in [3.8, 4) is 23.3 Å². The molecule has 1 aromatic carbocycles. The maximum Gasteiger partial charge on any atom is 0.204 e. The Bertz CT molecular complexity index is 519. The zero-order valence-corrected chi connectivity index (χ0v) is 12.2. The largest absolute Gasteiger partial charge is 0.493 e. The number of Topliss-reactive ketones (excluding diaryl/α,β-unsaturated/α-hetero) is 1. The van der Waals surface area contributed by atoms with E-state index in [1.165, 1.54) is 21.3 Å². The fraction of sp³-hybridized carbons (Fsp3) is 0.467. The molecule has 0 aliphatic heterocycles. The lowest BCUT2D eigenvalue weighted by atomic mass is 9.92. The van der Waals surface area contributed by atoms with Gasteiger partial charge in [-0.2, -0.15) is 5.26 Å². The molecule has 1 atom stereocenters. The van der Waals surface area contributed by atoms with Crippen LogP contribution in [0.2, 0.25) is 0 Å². The first-order valence-corrected chi connectivity index (χ1v) is 6.34. The predicted octanol–water partition coefficient (Wildman–Crippen LogP) is 2.83. The van der Waals surface area contributed by atoms with E-state index in [0.717, 1.165) is 0 Å². The summed E-state index contributed by atoms with van der Waals surface area (Å²) in [4.78, 5) is 12.5. The highest BCUT2D eigenvalue weighted by Gasteiger charge is 2.25. The van der Waals surface area contributed by atoms with Gasteiger partial charge in [0.25, 0.3) is 0 Å². The van der Waals surface area contributed by atoms with Crippen LogP contribution in [0.1, 0.15) is 30.1 Å². The Labute approximate surface area is 119 Å². The number of ketones is 1. The van der Waals surface area contributed by atoms with Gasteiger partial charge in [0, 0.05) is 12.3 Å². The van der Waals surface area contributed by atoms with Crippen LogP contribution in [0.3, 0.4) is 0 Å². The predicted molar refractivity (Wildman–Crippen MR) is 74.4 cm³/mol. The van der Waals surface area contributed by atoms with Crippen LogP contribution >= 0.6 is 0 Å². The van der Waals surface area contributed by atoms with Crippen molar-refractivity contribution in [1.29, 1.82) is 5.26 Å². The van der Waals surface area contributed by atoms with Crippen molar-refractivity contribution in [2.45, 2.75) is 19.8 Å². The molecule has 0 bridgehead atoms. The second kappa shape index (κ2) is 7.39. The fourth-order valence-electron chi connectivity index (χ4n) is 2.05. The molecule has 0 aromatic heterocycles. The SMILES string of the molecule is CCC(CC#N)C(=O)c1ccc(OC)c(OC)c1OC. The topological polar surface area (TPSA) is 68.6 Å². The van der Waals surface area contributed by atoms with Crippen LogP contribution in [0.5, 0.6) is 17.2 Å². The molecule has 0 N–H and O–H groups in total. The molecule has 1 aromatic rings. The third-order valence-electron chi connectivity index (χ3n) is 3.17. The summed E-state index contributed by atoms with van der Waals surface area (Å²) in [6, 6.07) is 5.34. The number of rotatable bonds is 7. The molecule has 0 fully saturated rings. The maximum atomic E-state index is 12.5. The van der Waals surface area contributed by atoms with Crippen LogP contribution in [0.15, 0.2) is 12.1 Å². The Morgan fingerprint density at radius 3 is 2.30 bits per heavy atom. The standard InChI is InChI=1S/C15H19NO4/c1-5-10(8-9-16)13(17)11-6-7-12(18-2)15(20-4)14(11)19-3/h6-7,10H,5,8H2,1-4H3. The van der Waals surface area contributed by atoms with Crippen molar-refractivity contribution in [3.05, 3.63) is 17.7 Å². The first-order valence-electron chi connectivity index (χ1n) is 6.34. The normalized spacial score (nSPS) is 11.3. The molecule has 0 aliphatic rings. The molecule has 0 saturated heterocycles. The van der Waals surface area contributed by atoms with Crippen LogP contribution in [0, 0.1) is 17.2 Å². The summed E-state index contributed by atoms with van der Waals surface area (Å²) in [5.74, 6) is 0.758. The number of methoxy groups -OCH3 is 3. The summed E-state index contributed by atoms with van der Waals surface area (Å²) in [5.41, 5.74) is 0.409. The van der Waals surface area contributed by atoms with Gasteiger partial charge < -0.3 is 14.2 Å². The van der Waals surface area contributed by atoms with Crippen molar-refractivity contribution in [1.82, 2.24) is 0 Å². The number of hydrogen-bond donors (Lipinski definition) is 0. The van der Waals surface area contributed by atoms with Crippen LogP contribution in [0.4, 0.5) is 0 Å². The van der Waals surface area contributed by atoms with E-state index in [0.29, 0.717) is 29.2 Å². The summed E-state index contributed by atoms with van der Waals surface area (Å²) < 4.78 is 15.7. The molecular weight excluding hydrogens is 258 g/mol. The molecule has 1 unspecified atom stereocenters. The monoisotopic (exact) mass is 277 g/mol. The van der Waals surface area contributed by atoms with E-state index in [-0.39, 0.29) is 18.1 Å². The molecule has 5 heteroatoms. The molecular formula is C15H19NO4. The molecule has 0 heterocycles. The summed E-state index contributed by atoms with van der Waals surface area (Å²) in [5, 5.41) is 8.79. The van der Waals surface area contributed by atoms with Gasteiger partial charge in [-0.25, -0.2) is 0 Å². The van der Waals surface area contributed by atoms with E-state index in [1.54, 1.807) is 12.1 Å². The summed E-state index contributed by atoms with van der Waals surface area (Å²) in [6.45, 7) is 1.88. The van der Waals surface area contributed by atoms with E-state index < -0.39 is 0 Å². The molecule has 0 amide bonds. The Morgan fingerprint density at radius 1 is 1.20 bits per heavy atom. The lowest BCUT2D eigenvalue weighted by Gasteiger charge is -2.17. The van der Waals surface area contributed by atoms with Gasteiger partial charge >= 0.3 is 0 Å². The number of nitriles is 1. The molecule has 0 spiro atoms. The van der Waals surface area contributed by atoms with E-state index in [9.17, 15) is 4.79 Å². The van der Waals surface area contributed by atoms with Gasteiger partial charge in [-0.05, 0) is 18.6 Å². The Kier molecular flexibility index (Phi) is 5.85. The van der Waals surface area contributed by atoms with Gasteiger partial charge in [0.05, 0.1) is 33.0 Å². The van der Waals surface area contributed by atoms with Crippen LogP contribution < -0.4 is 14.2 Å². The van der Waals surface area contributed by atoms with Crippen molar-refractivity contribution >= 4 is 5.78 Å². The smallest absolute Gasteiger partial charge is 0.204 e. The van der Waals surface area contributed by atoms with E-state index in [2.05, 4.69) is 0 Å². The minimum Gasteiger partial charge on any atom is -0.493 e. The van der Waals surface area contributed by atoms with Gasteiger partial charge in [-0.3, -0.25) is 4.79 Å². The zero-order valence-electron chi connectivity index (χ0n) is 12.2. The first-order chi connectivity index (χ1) is 9.64. The van der Waals surface area contributed by atoms with Crippen molar-refractivity contribution in [3.63, 3.8) is 0 Å². The van der Waals surface area contributed by atoms with Gasteiger partial charge in [0.2, 0.25) is 5.75 Å². The summed E-state index contributed by atoms with van der Waals surface area (Å²) in [6.07, 6.45) is 0.788. The molecule has 20 heavy (non-hydrogen) atoms. The molecule has 0 aliphatic carbocycles. The van der Waals surface area contributed by atoms with Crippen molar-refractivity contribution in [2.75, 3.05) is 21.3 Å². The minimum atomic E-state index is -0.341.